The minimum Gasteiger partial charge on any atom is -0.457 e. The van der Waals surface area contributed by atoms with E-state index in [1.807, 2.05) is 78.9 Å². The van der Waals surface area contributed by atoms with Crippen molar-refractivity contribution >= 4 is 11.7 Å². The topological polar surface area (TPSA) is 92.3 Å². The van der Waals surface area contributed by atoms with Crippen molar-refractivity contribution in [1.29, 1.82) is 0 Å². The molecule has 0 bridgehead atoms. The molecule has 5 aromatic rings. The smallest absolute Gasteiger partial charge is 0.319 e. The van der Waals surface area contributed by atoms with Crippen LogP contribution in [0, 0.1) is 5.92 Å². The predicted octanol–water partition coefficient (Wildman–Crippen LogP) is 9.24. The van der Waals surface area contributed by atoms with Gasteiger partial charge in [-0.3, -0.25) is 0 Å². The zero-order valence-corrected chi connectivity index (χ0v) is 29.6. The summed E-state index contributed by atoms with van der Waals surface area (Å²) in [6, 6.07) is 41.2. The number of rotatable bonds is 11. The van der Waals surface area contributed by atoms with Gasteiger partial charge < -0.3 is 34.9 Å². The number of aliphatic hydroxyl groups is 1. The molecular formula is C44H47N3O5. The van der Waals surface area contributed by atoms with Crippen molar-refractivity contribution in [2.75, 3.05) is 25.0 Å². The lowest BCUT2D eigenvalue weighted by atomic mass is 9.89. The van der Waals surface area contributed by atoms with E-state index in [0.29, 0.717) is 18.0 Å². The summed E-state index contributed by atoms with van der Waals surface area (Å²) in [6.45, 7) is 5.70. The molecule has 5 aromatic carbocycles. The second kappa shape index (κ2) is 17.0. The highest BCUT2D eigenvalue weighted by atomic mass is 16.7. The minimum atomic E-state index is -0.527. The maximum absolute atomic E-state index is 12.8. The highest BCUT2D eigenvalue weighted by molar-refractivity contribution is 5.89. The highest BCUT2D eigenvalue weighted by Gasteiger charge is 2.39. The molecule has 0 radical (unpaired) electrons. The van der Waals surface area contributed by atoms with Gasteiger partial charge in [0.15, 0.2) is 6.29 Å². The van der Waals surface area contributed by atoms with Crippen LogP contribution >= 0.6 is 0 Å². The van der Waals surface area contributed by atoms with Crippen molar-refractivity contribution in [3.63, 3.8) is 0 Å². The summed E-state index contributed by atoms with van der Waals surface area (Å²) in [4.78, 5) is 15.3. The van der Waals surface area contributed by atoms with E-state index in [4.69, 9.17) is 14.2 Å². The van der Waals surface area contributed by atoms with Crippen molar-refractivity contribution < 1.29 is 24.1 Å². The number of carbonyl (C=O) groups excluding carboxylic acids is 1. The molecule has 0 unspecified atom stereocenters. The van der Waals surface area contributed by atoms with Crippen LogP contribution in [0.1, 0.15) is 60.8 Å². The third-order valence-corrected chi connectivity index (χ3v) is 9.97. The summed E-state index contributed by atoms with van der Waals surface area (Å²) < 4.78 is 19.4. The molecule has 0 spiro atoms. The molecular weight excluding hydrogens is 651 g/mol. The summed E-state index contributed by atoms with van der Waals surface area (Å²) >= 11 is 0. The number of para-hydroxylation sites is 1. The standard InChI is InChI=1S/C44H47N3O5/c1-31-41(29-47-24-6-3-7-25-47)51-43(52-42(31)34-18-16-32(30-48)17-19-34)37-13-9-12-36(27-37)35-11-8-10-33(26-35)28-45-44(49)46-38-20-22-40(23-21-38)50-39-14-4-2-5-15-39/h2,4-5,8-23,26-27,31,41-43,48H,3,6-7,24-25,28-30H2,1H3,(H2,45,46,49)/t31-,41+,42+,43+/m1/s1. The van der Waals surface area contributed by atoms with Crippen molar-refractivity contribution in [1.82, 2.24) is 10.2 Å². The molecule has 52 heavy (non-hydrogen) atoms. The Bertz CT molecular complexity index is 1890. The number of hydrogen-bond acceptors (Lipinski definition) is 6. The second-order valence-electron chi connectivity index (χ2n) is 13.8. The Morgan fingerprint density at radius 1 is 0.750 bits per heavy atom. The number of carbonyl (C=O) groups is 1. The summed E-state index contributed by atoms with van der Waals surface area (Å²) in [5.41, 5.74) is 6.69. The number of amides is 2. The van der Waals surface area contributed by atoms with Crippen molar-refractivity contribution in [2.45, 2.75) is 57.8 Å². The van der Waals surface area contributed by atoms with E-state index in [9.17, 15) is 9.90 Å². The van der Waals surface area contributed by atoms with Gasteiger partial charge in [0, 0.05) is 30.3 Å². The second-order valence-corrected chi connectivity index (χ2v) is 13.8. The molecule has 2 saturated heterocycles. The van der Waals surface area contributed by atoms with Gasteiger partial charge in [-0.15, -0.1) is 0 Å². The minimum absolute atomic E-state index is 0.00383. The van der Waals surface area contributed by atoms with Crippen LogP contribution in [-0.4, -0.2) is 41.8 Å². The average Bonchev–Trinajstić information content (AvgIpc) is 3.20. The molecule has 0 aliphatic carbocycles. The van der Waals surface area contributed by atoms with Crippen LogP contribution in [0.4, 0.5) is 10.5 Å². The Balaban J connectivity index is 1.01. The lowest BCUT2D eigenvalue weighted by Gasteiger charge is -2.43. The molecule has 2 aliphatic rings. The summed E-state index contributed by atoms with van der Waals surface area (Å²) in [5, 5.41) is 15.5. The van der Waals surface area contributed by atoms with E-state index in [1.165, 1.54) is 19.3 Å². The third kappa shape index (κ3) is 9.08. The van der Waals surface area contributed by atoms with Crippen LogP contribution in [0.2, 0.25) is 0 Å². The Morgan fingerprint density at radius 3 is 2.21 bits per heavy atom. The first kappa shape index (κ1) is 35.4. The van der Waals surface area contributed by atoms with E-state index in [2.05, 4.69) is 71.0 Å². The predicted molar refractivity (Wildman–Crippen MR) is 204 cm³/mol. The largest absolute Gasteiger partial charge is 0.457 e. The zero-order valence-electron chi connectivity index (χ0n) is 29.6. The van der Waals surface area contributed by atoms with Crippen LogP contribution in [0.25, 0.3) is 11.1 Å². The first-order valence-electron chi connectivity index (χ1n) is 18.3. The van der Waals surface area contributed by atoms with Gasteiger partial charge in [0.1, 0.15) is 11.5 Å². The molecule has 268 valence electrons. The van der Waals surface area contributed by atoms with E-state index in [0.717, 1.165) is 58.8 Å². The fourth-order valence-electron chi connectivity index (χ4n) is 7.04. The summed E-state index contributed by atoms with van der Waals surface area (Å²) in [7, 11) is 0. The molecule has 2 amide bonds. The third-order valence-electron chi connectivity index (χ3n) is 9.97. The lowest BCUT2D eigenvalue weighted by molar-refractivity contribution is -0.276. The molecule has 8 heteroatoms. The Labute approximate surface area is 306 Å². The Kier molecular flexibility index (Phi) is 11.6. The van der Waals surface area contributed by atoms with Crippen molar-refractivity contribution in [3.8, 4) is 22.6 Å². The number of benzene rings is 5. The van der Waals surface area contributed by atoms with Gasteiger partial charge in [-0.1, -0.05) is 92.2 Å². The quantitative estimate of drug-likeness (QED) is 0.128. The molecule has 4 atom stereocenters. The maximum Gasteiger partial charge on any atom is 0.319 e. The fraction of sp³-hybridized carbons (Fsp3) is 0.295. The number of nitrogens with zero attached hydrogens (tertiary/aromatic N) is 1. The van der Waals surface area contributed by atoms with Gasteiger partial charge in [0.25, 0.3) is 0 Å². The van der Waals surface area contributed by atoms with Gasteiger partial charge in [-0.05, 0) is 102 Å². The zero-order chi connectivity index (χ0) is 35.7. The van der Waals surface area contributed by atoms with E-state index in [1.54, 1.807) is 0 Å². The molecule has 8 nitrogen and oxygen atoms in total. The summed E-state index contributed by atoms with van der Waals surface area (Å²) in [6.07, 6.45) is 3.08. The molecule has 7 rings (SSSR count). The summed E-state index contributed by atoms with van der Waals surface area (Å²) in [5.74, 6) is 1.60. The number of nitrogens with one attached hydrogen (secondary N) is 2. The number of ether oxygens (including phenoxy) is 3. The monoisotopic (exact) mass is 697 g/mol. The first-order chi connectivity index (χ1) is 25.5. The number of anilines is 1. The van der Waals surface area contributed by atoms with Gasteiger partial charge in [0.2, 0.25) is 0 Å². The van der Waals surface area contributed by atoms with E-state index >= 15 is 0 Å². The molecule has 0 aromatic heterocycles. The maximum atomic E-state index is 12.8. The highest BCUT2D eigenvalue weighted by Crippen LogP contribution is 2.42. The number of likely N-dealkylation sites (tertiary alicyclic amines) is 1. The molecule has 2 heterocycles. The van der Waals surface area contributed by atoms with Gasteiger partial charge in [-0.25, -0.2) is 4.79 Å². The van der Waals surface area contributed by atoms with Crippen molar-refractivity contribution in [3.05, 3.63) is 150 Å². The Morgan fingerprint density at radius 2 is 1.46 bits per heavy atom. The molecule has 2 aliphatic heterocycles. The number of urea groups is 1. The number of hydrogen-bond donors (Lipinski definition) is 3. The Hall–Kier alpha value is -4.99. The normalized spacial score (nSPS) is 20.6. The van der Waals surface area contributed by atoms with Gasteiger partial charge in [0.05, 0.1) is 18.8 Å². The number of piperidine rings is 1. The lowest BCUT2D eigenvalue weighted by Crippen LogP contribution is -2.45. The molecule has 0 saturated carbocycles. The fourth-order valence-corrected chi connectivity index (χ4v) is 7.04. The average molecular weight is 698 g/mol. The van der Waals surface area contributed by atoms with Crippen LogP contribution < -0.4 is 15.4 Å². The van der Waals surface area contributed by atoms with E-state index < -0.39 is 6.29 Å². The molecule has 2 fully saturated rings. The van der Waals surface area contributed by atoms with Crippen LogP contribution in [0.15, 0.2) is 127 Å². The first-order valence-corrected chi connectivity index (χ1v) is 18.3. The number of aliphatic hydroxyl groups excluding tert-OH is 1. The van der Waals surface area contributed by atoms with Crippen LogP contribution in [-0.2, 0) is 22.6 Å². The van der Waals surface area contributed by atoms with Gasteiger partial charge in [-0.2, -0.15) is 0 Å². The van der Waals surface area contributed by atoms with Crippen molar-refractivity contribution in [2.24, 2.45) is 5.92 Å². The van der Waals surface area contributed by atoms with Crippen LogP contribution in [0.5, 0.6) is 11.5 Å². The molecule has 3 N–H and O–H groups in total. The van der Waals surface area contributed by atoms with E-state index in [-0.39, 0.29) is 30.8 Å². The SMILES string of the molecule is C[C@@H]1[C@H](CN2CCCCC2)O[C@H](c2cccc(-c3cccc(CNC(=O)Nc4ccc(Oc5ccccc5)cc4)c3)c2)O[C@@H]1c1ccc(CO)cc1. The van der Waals surface area contributed by atoms with Crippen LogP contribution in [0.3, 0.4) is 0 Å². The van der Waals surface area contributed by atoms with Gasteiger partial charge >= 0.3 is 6.03 Å².